The Morgan fingerprint density at radius 1 is 0.917 bits per heavy atom. The van der Waals surface area contributed by atoms with Crippen molar-refractivity contribution in [3.05, 3.63) is 84.0 Å². The summed E-state index contributed by atoms with van der Waals surface area (Å²) in [5.41, 5.74) is 3.37. The monoisotopic (exact) mass is 672 g/mol. The second kappa shape index (κ2) is 13.0. The number of carbonyl (C=O) groups excluding carboxylic acids is 2. The Labute approximate surface area is 285 Å². The number of benzene rings is 1. The zero-order chi connectivity index (χ0) is 33.7. The van der Waals surface area contributed by atoms with Gasteiger partial charge in [0.15, 0.2) is 0 Å². The summed E-state index contributed by atoms with van der Waals surface area (Å²) in [5, 5.41) is 8.02. The molecule has 2 atom stereocenters. The van der Waals surface area contributed by atoms with E-state index in [0.29, 0.717) is 36.4 Å². The number of piperidine rings is 1. The fraction of sp³-hybridized carbons (Fsp3) is 0.568. The van der Waals surface area contributed by atoms with E-state index in [1.807, 2.05) is 0 Å². The van der Waals surface area contributed by atoms with Crippen LogP contribution in [0.4, 0.5) is 5.00 Å². The molecule has 6 heterocycles. The van der Waals surface area contributed by atoms with Gasteiger partial charge in [0, 0.05) is 35.5 Å². The van der Waals surface area contributed by atoms with Crippen LogP contribution in [0.2, 0.25) is 0 Å². The Kier molecular flexibility index (Phi) is 8.87. The van der Waals surface area contributed by atoms with E-state index in [1.165, 1.54) is 27.3 Å². The van der Waals surface area contributed by atoms with Crippen LogP contribution in [-0.4, -0.2) is 69.8 Å². The minimum absolute atomic E-state index is 0.0171. The Hall–Kier alpha value is -3.70. The molecule has 11 heteroatoms. The Morgan fingerprint density at radius 2 is 1.58 bits per heavy atom. The first-order valence-corrected chi connectivity index (χ1v) is 18.4. The first-order valence-electron chi connectivity index (χ1n) is 17.6. The van der Waals surface area contributed by atoms with Gasteiger partial charge in [-0.1, -0.05) is 29.3 Å². The number of thiophene rings is 1. The molecular weight excluding hydrogens is 625 g/mol. The largest absolute Gasteiger partial charge is 0.369 e. The molecule has 0 spiro atoms. The average Bonchev–Trinajstić information content (AvgIpc) is 3.83. The number of aromatic amines is 2. The number of H-pyrrole nitrogens is 2. The van der Waals surface area contributed by atoms with Gasteiger partial charge in [-0.15, -0.1) is 11.3 Å². The summed E-state index contributed by atoms with van der Waals surface area (Å²) in [5.74, 6) is 0.495. The van der Waals surface area contributed by atoms with Gasteiger partial charge in [0.25, 0.3) is 11.5 Å². The molecule has 4 aliphatic heterocycles. The fourth-order valence-electron chi connectivity index (χ4n) is 8.68. The normalized spacial score (nSPS) is 24.1. The van der Waals surface area contributed by atoms with Gasteiger partial charge in [-0.25, -0.2) is 4.79 Å². The predicted molar refractivity (Wildman–Crippen MR) is 189 cm³/mol. The SMILES string of the molecule is Cc1cc(C)cc(C2Nc3sc(C(C)(C)C(=O)N4C5CCC4CC5)cc3C2CCN2CCC(CNC(=O)c3cc(=O)[nH]c(=O)[nH]3)CC2)c1. The van der Waals surface area contributed by atoms with Gasteiger partial charge in [-0.2, -0.15) is 0 Å². The van der Waals surface area contributed by atoms with Crippen molar-refractivity contribution >= 4 is 28.2 Å². The molecule has 1 aromatic carbocycles. The van der Waals surface area contributed by atoms with E-state index >= 15 is 0 Å². The number of nitrogens with zero attached hydrogens (tertiary/aromatic N) is 2. The molecule has 2 aromatic heterocycles. The first-order chi connectivity index (χ1) is 23.0. The van der Waals surface area contributed by atoms with Crippen LogP contribution in [0.5, 0.6) is 0 Å². The van der Waals surface area contributed by atoms with Crippen molar-refractivity contribution < 1.29 is 9.59 Å². The molecule has 3 saturated heterocycles. The van der Waals surface area contributed by atoms with Gasteiger partial charge in [0.1, 0.15) is 5.69 Å². The molecule has 256 valence electrons. The molecule has 7 rings (SSSR count). The van der Waals surface area contributed by atoms with Crippen LogP contribution in [0.25, 0.3) is 0 Å². The molecule has 2 amide bonds. The second-order valence-corrected chi connectivity index (χ2v) is 16.2. The third kappa shape index (κ3) is 6.39. The summed E-state index contributed by atoms with van der Waals surface area (Å²) in [6.45, 7) is 12.0. The van der Waals surface area contributed by atoms with E-state index in [1.54, 1.807) is 11.3 Å². The molecule has 10 nitrogen and oxygen atoms in total. The molecule has 4 aliphatic rings. The second-order valence-electron chi connectivity index (χ2n) is 15.1. The molecule has 0 radical (unpaired) electrons. The lowest BCUT2D eigenvalue weighted by molar-refractivity contribution is -0.137. The number of rotatable bonds is 9. The maximum Gasteiger partial charge on any atom is 0.326 e. The van der Waals surface area contributed by atoms with E-state index in [0.717, 1.165) is 75.5 Å². The van der Waals surface area contributed by atoms with Crippen molar-refractivity contribution in [3.8, 4) is 0 Å². The lowest BCUT2D eigenvalue weighted by Gasteiger charge is -2.33. The highest BCUT2D eigenvalue weighted by molar-refractivity contribution is 7.16. The number of fused-ring (bicyclic) bond motifs is 3. The van der Waals surface area contributed by atoms with E-state index in [2.05, 4.69) is 82.4 Å². The number of aromatic nitrogens is 2. The Balaban J connectivity index is 1.02. The van der Waals surface area contributed by atoms with Crippen LogP contribution >= 0.6 is 11.3 Å². The van der Waals surface area contributed by atoms with Crippen LogP contribution in [0, 0.1) is 19.8 Å². The zero-order valence-electron chi connectivity index (χ0n) is 28.5. The predicted octanol–water partition coefficient (Wildman–Crippen LogP) is 4.96. The molecule has 2 bridgehead atoms. The van der Waals surface area contributed by atoms with Gasteiger partial charge < -0.3 is 25.4 Å². The lowest BCUT2D eigenvalue weighted by Crippen LogP contribution is -2.45. The topological polar surface area (TPSA) is 130 Å². The van der Waals surface area contributed by atoms with E-state index < -0.39 is 22.6 Å². The minimum Gasteiger partial charge on any atom is -0.369 e. The van der Waals surface area contributed by atoms with Crippen molar-refractivity contribution in [2.75, 3.05) is 31.5 Å². The highest BCUT2D eigenvalue weighted by Gasteiger charge is 2.48. The standard InChI is InChI=1S/C37H48N6O4S/c1-21-15-22(2)17-24(16-21)32-27(11-14-42-12-9-23(10-13-42)20-38-33(45)29-19-31(44)40-36(47)39-29)28-18-30(48-34(28)41-32)37(3,4)35(46)43-25-5-6-26(43)8-7-25/h15-19,23,25-27,32,41H,5-14,20H2,1-4H3,(H,38,45)(H2,39,40,44,47). The van der Waals surface area contributed by atoms with Gasteiger partial charge in [-0.05, 0) is 115 Å². The van der Waals surface area contributed by atoms with E-state index in [4.69, 9.17) is 0 Å². The molecule has 3 fully saturated rings. The van der Waals surface area contributed by atoms with Gasteiger partial charge in [0.05, 0.1) is 16.5 Å². The number of anilines is 1. The van der Waals surface area contributed by atoms with Gasteiger partial charge in [0.2, 0.25) is 5.91 Å². The number of hydrogen-bond donors (Lipinski definition) is 4. The van der Waals surface area contributed by atoms with Crippen LogP contribution in [0.15, 0.2) is 39.9 Å². The molecule has 3 aromatic rings. The van der Waals surface area contributed by atoms with Crippen molar-refractivity contribution in [1.29, 1.82) is 0 Å². The smallest absolute Gasteiger partial charge is 0.326 e. The van der Waals surface area contributed by atoms with E-state index in [9.17, 15) is 19.2 Å². The quantitative estimate of drug-likeness (QED) is 0.255. The van der Waals surface area contributed by atoms with Crippen LogP contribution in [0.3, 0.4) is 0 Å². The first kappa shape index (κ1) is 32.8. The summed E-state index contributed by atoms with van der Waals surface area (Å²) in [6.07, 6.45) is 7.56. The third-order valence-corrected chi connectivity index (χ3v) is 12.7. The van der Waals surface area contributed by atoms with Crippen LogP contribution in [0.1, 0.15) is 108 Å². The summed E-state index contributed by atoms with van der Waals surface area (Å²) < 4.78 is 0. The molecule has 2 unspecified atom stereocenters. The molecule has 4 N–H and O–H groups in total. The number of amides is 2. The number of likely N-dealkylation sites (tertiary alicyclic amines) is 1. The fourth-order valence-corrected chi connectivity index (χ4v) is 9.94. The summed E-state index contributed by atoms with van der Waals surface area (Å²) in [4.78, 5) is 60.0. The van der Waals surface area contributed by atoms with Crippen LogP contribution in [-0.2, 0) is 10.2 Å². The number of aryl methyl sites for hydroxylation is 2. The number of hydrogen-bond acceptors (Lipinski definition) is 7. The maximum atomic E-state index is 14.0. The minimum atomic E-state index is -0.685. The summed E-state index contributed by atoms with van der Waals surface area (Å²) in [6, 6.07) is 11.4. The molecular formula is C37H48N6O4S. The van der Waals surface area contributed by atoms with Crippen molar-refractivity contribution in [1.82, 2.24) is 25.1 Å². The third-order valence-electron chi connectivity index (χ3n) is 11.3. The zero-order valence-corrected chi connectivity index (χ0v) is 29.3. The van der Waals surface area contributed by atoms with Gasteiger partial charge >= 0.3 is 5.69 Å². The highest BCUT2D eigenvalue weighted by Crippen LogP contribution is 2.52. The van der Waals surface area contributed by atoms with Gasteiger partial charge in [-0.3, -0.25) is 19.4 Å². The average molecular weight is 673 g/mol. The Morgan fingerprint density at radius 3 is 2.23 bits per heavy atom. The van der Waals surface area contributed by atoms with Crippen molar-refractivity contribution in [3.63, 3.8) is 0 Å². The summed E-state index contributed by atoms with van der Waals surface area (Å²) >= 11 is 1.77. The van der Waals surface area contributed by atoms with Crippen molar-refractivity contribution in [2.45, 2.75) is 102 Å². The number of nitrogens with one attached hydrogen (secondary N) is 4. The highest BCUT2D eigenvalue weighted by atomic mass is 32.1. The lowest BCUT2D eigenvalue weighted by atomic mass is 9.84. The Bertz CT molecular complexity index is 1750. The maximum absolute atomic E-state index is 14.0. The molecule has 0 saturated carbocycles. The summed E-state index contributed by atoms with van der Waals surface area (Å²) in [7, 11) is 0. The number of carbonyl (C=O) groups is 2. The van der Waals surface area contributed by atoms with E-state index in [-0.39, 0.29) is 11.7 Å². The van der Waals surface area contributed by atoms with Crippen molar-refractivity contribution in [2.24, 2.45) is 5.92 Å². The molecule has 0 aliphatic carbocycles. The van der Waals surface area contributed by atoms with Crippen LogP contribution < -0.4 is 21.9 Å². The molecule has 48 heavy (non-hydrogen) atoms.